The summed E-state index contributed by atoms with van der Waals surface area (Å²) >= 11 is 11.0. The SMILES string of the molecule is OC(CCl)CNc1ccc(F)c(Cl)c1. The minimum absolute atomic E-state index is 0.0513. The fourth-order valence-electron chi connectivity index (χ4n) is 0.896. The second kappa shape index (κ2) is 5.39. The Bertz CT molecular complexity index is 309. The lowest BCUT2D eigenvalue weighted by molar-refractivity contribution is 0.211. The zero-order valence-electron chi connectivity index (χ0n) is 7.30. The second-order valence-corrected chi connectivity index (χ2v) is 3.53. The van der Waals surface area contributed by atoms with E-state index in [0.717, 1.165) is 0 Å². The van der Waals surface area contributed by atoms with Crippen molar-refractivity contribution in [2.75, 3.05) is 17.7 Å². The first-order chi connectivity index (χ1) is 6.63. The quantitative estimate of drug-likeness (QED) is 0.790. The number of aliphatic hydroxyl groups is 1. The molecule has 0 aliphatic rings. The third kappa shape index (κ3) is 3.33. The van der Waals surface area contributed by atoms with Crippen molar-refractivity contribution < 1.29 is 9.50 Å². The molecule has 0 saturated carbocycles. The molecule has 1 unspecified atom stereocenters. The van der Waals surface area contributed by atoms with Crippen LogP contribution >= 0.6 is 23.2 Å². The van der Waals surface area contributed by atoms with Crippen LogP contribution in [0.15, 0.2) is 18.2 Å². The highest BCUT2D eigenvalue weighted by molar-refractivity contribution is 6.31. The van der Waals surface area contributed by atoms with Gasteiger partial charge in [0.2, 0.25) is 0 Å². The first kappa shape index (κ1) is 11.6. The summed E-state index contributed by atoms with van der Waals surface area (Å²) in [5.74, 6) is -0.308. The molecule has 2 N–H and O–H groups in total. The maximum atomic E-state index is 12.7. The summed E-state index contributed by atoms with van der Waals surface area (Å²) in [6.07, 6.45) is -0.625. The topological polar surface area (TPSA) is 32.3 Å². The summed E-state index contributed by atoms with van der Waals surface area (Å²) in [6.45, 7) is 0.311. The van der Waals surface area contributed by atoms with E-state index in [0.29, 0.717) is 12.2 Å². The van der Waals surface area contributed by atoms with Gasteiger partial charge in [-0.1, -0.05) is 11.6 Å². The maximum absolute atomic E-state index is 12.7. The Kier molecular flexibility index (Phi) is 4.45. The van der Waals surface area contributed by atoms with Crippen molar-refractivity contribution >= 4 is 28.9 Å². The molecule has 0 spiro atoms. The molecule has 0 aliphatic carbocycles. The summed E-state index contributed by atoms with van der Waals surface area (Å²) in [5.41, 5.74) is 0.653. The molecular weight excluding hydrogens is 228 g/mol. The number of benzene rings is 1. The van der Waals surface area contributed by atoms with Gasteiger partial charge in [-0.2, -0.15) is 0 Å². The number of halogens is 3. The lowest BCUT2D eigenvalue weighted by Crippen LogP contribution is -2.20. The van der Waals surface area contributed by atoms with Gasteiger partial charge in [-0.25, -0.2) is 4.39 Å². The van der Waals surface area contributed by atoms with Gasteiger partial charge in [0, 0.05) is 12.2 Å². The summed E-state index contributed by atoms with van der Waals surface area (Å²) in [6, 6.07) is 4.26. The number of aliphatic hydroxyl groups excluding tert-OH is 1. The van der Waals surface area contributed by atoms with Crippen LogP contribution < -0.4 is 5.32 Å². The third-order valence-electron chi connectivity index (χ3n) is 1.64. The summed E-state index contributed by atoms with van der Waals surface area (Å²) in [5, 5.41) is 12.1. The minimum atomic E-state index is -0.625. The Morgan fingerprint density at radius 2 is 2.21 bits per heavy atom. The molecule has 0 fully saturated rings. The predicted octanol–water partition coefficient (Wildman–Crippen LogP) is 2.49. The molecule has 1 aromatic rings. The zero-order valence-corrected chi connectivity index (χ0v) is 8.82. The van der Waals surface area contributed by atoms with E-state index in [2.05, 4.69) is 5.32 Å². The van der Waals surface area contributed by atoms with Crippen LogP contribution in [-0.4, -0.2) is 23.6 Å². The standard InChI is InChI=1S/C9H10Cl2FNO/c10-4-7(14)5-13-6-1-2-9(12)8(11)3-6/h1-3,7,13-14H,4-5H2. The van der Waals surface area contributed by atoms with Crippen LogP contribution in [0.5, 0.6) is 0 Å². The molecule has 1 rings (SSSR count). The van der Waals surface area contributed by atoms with E-state index in [9.17, 15) is 4.39 Å². The van der Waals surface area contributed by atoms with E-state index in [4.69, 9.17) is 28.3 Å². The smallest absolute Gasteiger partial charge is 0.141 e. The Labute approximate surface area is 91.6 Å². The van der Waals surface area contributed by atoms with Gasteiger partial charge < -0.3 is 10.4 Å². The van der Waals surface area contributed by atoms with Gasteiger partial charge in [-0.3, -0.25) is 0 Å². The highest BCUT2D eigenvalue weighted by Crippen LogP contribution is 2.19. The van der Waals surface area contributed by atoms with E-state index in [-0.39, 0.29) is 10.9 Å². The summed E-state index contributed by atoms with van der Waals surface area (Å²) in [4.78, 5) is 0. The van der Waals surface area contributed by atoms with E-state index in [1.165, 1.54) is 12.1 Å². The van der Waals surface area contributed by atoms with Gasteiger partial charge >= 0.3 is 0 Å². The Morgan fingerprint density at radius 3 is 2.79 bits per heavy atom. The number of hydrogen-bond donors (Lipinski definition) is 2. The predicted molar refractivity (Wildman–Crippen MR) is 56.6 cm³/mol. The first-order valence-electron chi connectivity index (χ1n) is 4.06. The average molecular weight is 238 g/mol. The van der Waals surface area contributed by atoms with Gasteiger partial charge in [-0.15, -0.1) is 11.6 Å². The lowest BCUT2D eigenvalue weighted by Gasteiger charge is -2.10. The average Bonchev–Trinajstić information content (AvgIpc) is 2.19. The van der Waals surface area contributed by atoms with Gasteiger partial charge in [0.15, 0.2) is 0 Å². The molecule has 0 heterocycles. The molecule has 14 heavy (non-hydrogen) atoms. The van der Waals surface area contributed by atoms with Crippen molar-refractivity contribution in [1.82, 2.24) is 0 Å². The van der Waals surface area contributed by atoms with Crippen LogP contribution in [-0.2, 0) is 0 Å². The Morgan fingerprint density at radius 1 is 1.50 bits per heavy atom. The van der Waals surface area contributed by atoms with Gasteiger partial charge in [-0.05, 0) is 18.2 Å². The van der Waals surface area contributed by atoms with E-state index < -0.39 is 11.9 Å². The highest BCUT2D eigenvalue weighted by atomic mass is 35.5. The van der Waals surface area contributed by atoms with Gasteiger partial charge in [0.25, 0.3) is 0 Å². The minimum Gasteiger partial charge on any atom is -0.390 e. The largest absolute Gasteiger partial charge is 0.390 e. The Hall–Kier alpha value is -0.510. The number of nitrogens with one attached hydrogen (secondary N) is 1. The first-order valence-corrected chi connectivity index (χ1v) is 4.97. The lowest BCUT2D eigenvalue weighted by atomic mass is 10.3. The molecule has 0 amide bonds. The molecule has 0 bridgehead atoms. The van der Waals surface area contributed by atoms with Crippen molar-refractivity contribution in [2.45, 2.75) is 6.10 Å². The molecule has 1 atom stereocenters. The number of alkyl halides is 1. The van der Waals surface area contributed by atoms with Crippen LogP contribution in [0.1, 0.15) is 0 Å². The van der Waals surface area contributed by atoms with Crippen molar-refractivity contribution in [3.8, 4) is 0 Å². The van der Waals surface area contributed by atoms with Crippen LogP contribution in [0.3, 0.4) is 0 Å². The van der Waals surface area contributed by atoms with Gasteiger partial charge in [0.05, 0.1) is 17.0 Å². The maximum Gasteiger partial charge on any atom is 0.141 e. The molecular formula is C9H10Cl2FNO. The molecule has 5 heteroatoms. The number of hydrogen-bond acceptors (Lipinski definition) is 2. The fourth-order valence-corrected chi connectivity index (χ4v) is 1.19. The molecule has 0 aliphatic heterocycles. The molecule has 78 valence electrons. The van der Waals surface area contributed by atoms with Gasteiger partial charge in [0.1, 0.15) is 5.82 Å². The van der Waals surface area contributed by atoms with E-state index >= 15 is 0 Å². The van der Waals surface area contributed by atoms with Crippen molar-refractivity contribution in [1.29, 1.82) is 0 Å². The van der Waals surface area contributed by atoms with Crippen molar-refractivity contribution in [3.05, 3.63) is 29.0 Å². The van der Waals surface area contributed by atoms with Crippen LogP contribution in [0.4, 0.5) is 10.1 Å². The van der Waals surface area contributed by atoms with Crippen LogP contribution in [0.25, 0.3) is 0 Å². The molecule has 0 radical (unpaired) electrons. The second-order valence-electron chi connectivity index (χ2n) is 2.82. The number of anilines is 1. The van der Waals surface area contributed by atoms with Crippen LogP contribution in [0, 0.1) is 5.82 Å². The zero-order chi connectivity index (χ0) is 10.6. The normalized spacial score (nSPS) is 12.6. The van der Waals surface area contributed by atoms with Crippen molar-refractivity contribution in [2.24, 2.45) is 0 Å². The molecule has 2 nitrogen and oxygen atoms in total. The van der Waals surface area contributed by atoms with E-state index in [1.807, 2.05) is 0 Å². The van der Waals surface area contributed by atoms with Crippen LogP contribution in [0.2, 0.25) is 5.02 Å². The van der Waals surface area contributed by atoms with Crippen molar-refractivity contribution in [3.63, 3.8) is 0 Å². The third-order valence-corrected chi connectivity index (χ3v) is 2.29. The monoisotopic (exact) mass is 237 g/mol. The van der Waals surface area contributed by atoms with E-state index in [1.54, 1.807) is 6.07 Å². The fraction of sp³-hybridized carbons (Fsp3) is 0.333. The summed E-state index contributed by atoms with van der Waals surface area (Å²) < 4.78 is 12.7. The number of rotatable bonds is 4. The summed E-state index contributed by atoms with van der Waals surface area (Å²) in [7, 11) is 0. The highest BCUT2D eigenvalue weighted by Gasteiger charge is 2.03. The molecule has 1 aromatic carbocycles. The molecule has 0 saturated heterocycles. The Balaban J connectivity index is 2.55. The molecule has 0 aromatic heterocycles.